The number of ketones is 1. The lowest BCUT2D eigenvalue weighted by Crippen LogP contribution is -2.50. The number of aliphatic hydroxyl groups excluding tert-OH is 2. The predicted octanol–water partition coefficient (Wildman–Crippen LogP) is -0.597. The fraction of sp³-hybridized carbons (Fsp3) is 0.600. The monoisotopic (exact) mass is 549 g/mol. The fourth-order valence-electron chi connectivity index (χ4n) is 3.78. The van der Waals surface area contributed by atoms with Crippen LogP contribution in [0, 0.1) is 5.92 Å². The van der Waals surface area contributed by atoms with Gasteiger partial charge < -0.3 is 39.6 Å². The Morgan fingerprint density at radius 2 is 1.79 bits per heavy atom. The van der Waals surface area contributed by atoms with Gasteiger partial charge in [-0.3, -0.25) is 14.3 Å². The molecule has 0 radical (unpaired) electrons. The number of nitrogens with zero attached hydrogens (tertiary/aromatic N) is 1. The summed E-state index contributed by atoms with van der Waals surface area (Å²) in [6.07, 6.45) is -2.54. The predicted molar refractivity (Wildman–Crippen MR) is 109 cm³/mol. The van der Waals surface area contributed by atoms with Crippen LogP contribution in [0.3, 0.4) is 0 Å². The van der Waals surface area contributed by atoms with Crippen molar-refractivity contribution in [3.05, 3.63) is 22.9 Å². The zero-order valence-electron chi connectivity index (χ0n) is 17.3. The van der Waals surface area contributed by atoms with Crippen LogP contribution >= 0.6 is 23.5 Å². The van der Waals surface area contributed by atoms with Crippen molar-refractivity contribution in [1.29, 1.82) is 0 Å². The number of allylic oxidation sites excluding steroid dienone is 3. The molecule has 7 atom stereocenters. The number of Topliss-reactive ketones (excluding diaryl/α,β-unsaturated/α-hetero) is 1. The van der Waals surface area contributed by atoms with Gasteiger partial charge in [0.1, 0.15) is 24.0 Å². The van der Waals surface area contributed by atoms with Crippen LogP contribution in [0.25, 0.3) is 0 Å². The Bertz CT molecular complexity index is 1090. The molecule has 16 nitrogen and oxygen atoms in total. The third-order valence-electron chi connectivity index (χ3n) is 5.10. The maximum atomic E-state index is 12.3. The molecule has 2 heterocycles. The molecule has 0 aromatic carbocycles. The van der Waals surface area contributed by atoms with Crippen molar-refractivity contribution in [2.45, 2.75) is 43.9 Å². The minimum absolute atomic E-state index is 0.00123. The summed E-state index contributed by atoms with van der Waals surface area (Å²) in [4.78, 5) is 52.1. The molecule has 0 spiro atoms. The minimum Gasteiger partial charge on any atom is -0.387 e. The summed E-state index contributed by atoms with van der Waals surface area (Å²) in [6, 6.07) is 0. The molecule has 3 rings (SSSR count). The van der Waals surface area contributed by atoms with Gasteiger partial charge >= 0.3 is 23.5 Å². The van der Waals surface area contributed by atoms with Gasteiger partial charge in [0.15, 0.2) is 5.78 Å². The molecule has 2 aliphatic heterocycles. The lowest BCUT2D eigenvalue weighted by atomic mass is 9.78. The summed E-state index contributed by atoms with van der Waals surface area (Å²) >= 11 is 0. The Balaban J connectivity index is 1.74. The first-order valence-electron chi connectivity index (χ1n) is 9.46. The van der Waals surface area contributed by atoms with Gasteiger partial charge in [0, 0.05) is 18.6 Å². The van der Waals surface area contributed by atoms with Crippen LogP contribution in [0.1, 0.15) is 19.8 Å². The molecule has 0 aromatic heterocycles. The van der Waals surface area contributed by atoms with Gasteiger partial charge in [-0.1, -0.05) is 11.6 Å². The number of ether oxygens (including phenoxy) is 1. The first-order valence-corrected chi connectivity index (χ1v) is 14.0. The van der Waals surface area contributed by atoms with E-state index in [1.165, 1.54) is 6.21 Å². The normalized spacial score (nSPS) is 35.5. The Morgan fingerprint density at radius 1 is 1.15 bits per heavy atom. The van der Waals surface area contributed by atoms with Gasteiger partial charge in [0.25, 0.3) is 0 Å². The molecule has 34 heavy (non-hydrogen) atoms. The number of carbonyl (C=O) groups excluding carboxylic acids is 1. The molecule has 0 aromatic rings. The molecule has 0 bridgehead atoms. The number of hydrogen-bond donors (Lipinski definition) is 7. The Morgan fingerprint density at radius 3 is 2.41 bits per heavy atom. The van der Waals surface area contributed by atoms with E-state index in [1.807, 2.05) is 0 Å². The van der Waals surface area contributed by atoms with Crippen LogP contribution in [0.15, 0.2) is 27.9 Å². The summed E-state index contributed by atoms with van der Waals surface area (Å²) in [5.41, 5.74) is 0.975. The van der Waals surface area contributed by atoms with Crippen molar-refractivity contribution in [2.24, 2.45) is 10.9 Å². The summed E-state index contributed by atoms with van der Waals surface area (Å²) in [7, 11) is -16.9. The molecular formula is C15H22NO15P3. The highest BCUT2D eigenvalue weighted by Crippen LogP contribution is 2.66. The van der Waals surface area contributed by atoms with E-state index in [-0.39, 0.29) is 29.9 Å². The Labute approximate surface area is 191 Å². The largest absolute Gasteiger partial charge is 0.490 e. The summed E-state index contributed by atoms with van der Waals surface area (Å²) < 4.78 is 50.9. The summed E-state index contributed by atoms with van der Waals surface area (Å²) in [5.74, 6) is -3.89. The molecule has 192 valence electrons. The van der Waals surface area contributed by atoms with E-state index in [0.717, 1.165) is 0 Å². The van der Waals surface area contributed by atoms with Crippen LogP contribution in [0.4, 0.5) is 0 Å². The van der Waals surface area contributed by atoms with Crippen molar-refractivity contribution < 1.29 is 71.3 Å². The van der Waals surface area contributed by atoms with Gasteiger partial charge in [0.2, 0.25) is 5.79 Å². The zero-order valence-corrected chi connectivity index (χ0v) is 20.0. The van der Waals surface area contributed by atoms with E-state index in [9.17, 15) is 43.6 Å². The highest BCUT2D eigenvalue weighted by molar-refractivity contribution is 7.66. The second kappa shape index (κ2) is 9.51. The first kappa shape index (κ1) is 27.7. The van der Waals surface area contributed by atoms with E-state index in [4.69, 9.17) is 14.5 Å². The van der Waals surface area contributed by atoms with E-state index >= 15 is 0 Å². The van der Waals surface area contributed by atoms with Crippen LogP contribution in [0.5, 0.6) is 0 Å². The molecule has 1 fully saturated rings. The Hall–Kier alpha value is -0.930. The standard InChI is InChI=1S/C15H22NO15P3/c1-7-4-8-9(2-3-16-12(8)10(17)5-7)15(20)14(19)13(18)11(29-15)6-28-33(24,25)31-34(26,27)30-32(21,22)23/h3-4,9,11,13-14,18-20H,2,5-6H2,1H3,(H,24,25)(H,26,27)(H2,21,22,23)/t9?,11-,13-,14-,15+/m1/s1. The molecule has 19 heteroatoms. The van der Waals surface area contributed by atoms with Gasteiger partial charge in [-0.15, -0.1) is 0 Å². The number of carbonyl (C=O) groups is 1. The average molecular weight is 549 g/mol. The number of aliphatic imine (C=N–C) groups is 1. The van der Waals surface area contributed by atoms with Gasteiger partial charge in [0.05, 0.1) is 6.61 Å². The van der Waals surface area contributed by atoms with E-state index in [0.29, 0.717) is 5.57 Å². The highest BCUT2D eigenvalue weighted by atomic mass is 31.3. The molecule has 7 N–H and O–H groups in total. The van der Waals surface area contributed by atoms with Crippen LogP contribution in [-0.4, -0.2) is 77.6 Å². The van der Waals surface area contributed by atoms with E-state index < -0.39 is 60.1 Å². The number of rotatable bonds is 8. The number of hydrogen-bond acceptors (Lipinski definition) is 12. The third-order valence-corrected chi connectivity index (χ3v) is 8.90. The molecule has 0 amide bonds. The molecule has 1 saturated heterocycles. The van der Waals surface area contributed by atoms with Gasteiger partial charge in [-0.25, -0.2) is 13.7 Å². The fourth-order valence-corrected chi connectivity index (χ4v) is 6.81. The second-order valence-corrected chi connectivity index (χ2v) is 12.1. The van der Waals surface area contributed by atoms with Crippen LogP contribution in [0.2, 0.25) is 0 Å². The van der Waals surface area contributed by atoms with Crippen molar-refractivity contribution in [1.82, 2.24) is 0 Å². The van der Waals surface area contributed by atoms with Gasteiger partial charge in [-0.2, -0.15) is 8.62 Å². The topological polar surface area (TPSA) is 259 Å². The van der Waals surface area contributed by atoms with Crippen LogP contribution < -0.4 is 0 Å². The van der Waals surface area contributed by atoms with E-state index in [2.05, 4.69) is 18.1 Å². The smallest absolute Gasteiger partial charge is 0.387 e. The summed E-state index contributed by atoms with van der Waals surface area (Å²) in [5, 5.41) is 31.9. The molecular weight excluding hydrogens is 527 g/mol. The average Bonchev–Trinajstić information content (AvgIpc) is 2.88. The maximum absolute atomic E-state index is 12.3. The Kier molecular flexibility index (Phi) is 7.73. The van der Waals surface area contributed by atoms with Crippen molar-refractivity contribution in [3.63, 3.8) is 0 Å². The first-order chi connectivity index (χ1) is 15.4. The lowest BCUT2D eigenvalue weighted by molar-refractivity contribution is -0.252. The van der Waals surface area contributed by atoms with Gasteiger partial charge in [-0.05, 0) is 18.9 Å². The van der Waals surface area contributed by atoms with Crippen molar-refractivity contribution in [2.75, 3.05) is 6.61 Å². The molecule has 0 saturated carbocycles. The summed E-state index contributed by atoms with van der Waals surface area (Å²) in [6.45, 7) is 0.581. The number of phosphoric acid groups is 3. The SMILES string of the molecule is CC1=CC2=C(N=CCC2[C@]2(O)O[C@H](COP(=O)(O)OP(=O)(O)OP(=O)(O)O)[C@@H](O)[C@H]2O)C(=O)C1. The molecule has 3 aliphatic rings. The third kappa shape index (κ3) is 6.06. The minimum atomic E-state index is -5.76. The second-order valence-electron chi connectivity index (χ2n) is 7.72. The zero-order chi connectivity index (χ0) is 25.7. The number of aliphatic hydroxyl groups is 3. The maximum Gasteiger partial charge on any atom is 0.490 e. The molecule has 3 unspecified atom stereocenters. The number of phosphoric ester groups is 1. The quantitative estimate of drug-likeness (QED) is 0.187. The van der Waals surface area contributed by atoms with E-state index in [1.54, 1.807) is 13.0 Å². The van der Waals surface area contributed by atoms with Crippen molar-refractivity contribution >= 4 is 35.5 Å². The van der Waals surface area contributed by atoms with Crippen LogP contribution in [-0.2, 0) is 36.4 Å². The highest BCUT2D eigenvalue weighted by Gasteiger charge is 2.59. The molecule has 1 aliphatic carbocycles. The van der Waals surface area contributed by atoms with Crippen molar-refractivity contribution in [3.8, 4) is 0 Å². The lowest BCUT2D eigenvalue weighted by Gasteiger charge is -2.37.